The van der Waals surface area contributed by atoms with Crippen LogP contribution in [0.1, 0.15) is 0 Å². The number of hydrogen-bond acceptors (Lipinski definition) is 7. The molecule has 3 aromatic rings. The van der Waals surface area contributed by atoms with E-state index in [1.807, 2.05) is 0 Å². The molecular weight excluding hydrogens is 496 g/mol. The van der Waals surface area contributed by atoms with Gasteiger partial charge in [0.25, 0.3) is 10.0 Å². The molecule has 0 aliphatic rings. The highest BCUT2D eigenvalue weighted by atomic mass is 35.5. The van der Waals surface area contributed by atoms with Gasteiger partial charge in [-0.1, -0.05) is 11.6 Å². The van der Waals surface area contributed by atoms with Crippen molar-refractivity contribution in [1.82, 2.24) is 0 Å². The molecule has 0 fully saturated rings. The lowest BCUT2D eigenvalue weighted by Crippen LogP contribution is -2.38. The largest absolute Gasteiger partial charge is 0.497 e. The van der Waals surface area contributed by atoms with Crippen LogP contribution in [0.2, 0.25) is 5.02 Å². The molecule has 0 saturated heterocycles. The van der Waals surface area contributed by atoms with E-state index in [1.54, 1.807) is 36.4 Å². The number of sulfonamides is 1. The van der Waals surface area contributed by atoms with Crippen LogP contribution in [0.25, 0.3) is 0 Å². The predicted octanol–water partition coefficient (Wildman–Crippen LogP) is 4.21. The topological polar surface area (TPSA) is 103 Å². The molecule has 35 heavy (non-hydrogen) atoms. The van der Waals surface area contributed by atoms with E-state index in [4.69, 9.17) is 30.5 Å². The van der Waals surface area contributed by atoms with E-state index in [0.717, 1.165) is 4.31 Å². The third-order valence-electron chi connectivity index (χ3n) is 5.01. The first-order valence-corrected chi connectivity index (χ1v) is 12.1. The maximum atomic E-state index is 13.8. The molecule has 0 radical (unpaired) electrons. The highest BCUT2D eigenvalue weighted by Crippen LogP contribution is 2.37. The van der Waals surface area contributed by atoms with Crippen LogP contribution < -0.4 is 28.6 Å². The van der Waals surface area contributed by atoms with Crippen molar-refractivity contribution in [3.05, 3.63) is 65.7 Å². The summed E-state index contributed by atoms with van der Waals surface area (Å²) in [5, 5.41) is 3.18. The monoisotopic (exact) mass is 520 g/mol. The summed E-state index contributed by atoms with van der Waals surface area (Å²) in [4.78, 5) is 12.9. The normalized spacial score (nSPS) is 10.9. The number of methoxy groups -OCH3 is 4. The Balaban J connectivity index is 2.09. The first-order chi connectivity index (χ1) is 16.7. The lowest BCUT2D eigenvalue weighted by atomic mass is 10.2. The van der Waals surface area contributed by atoms with Crippen molar-refractivity contribution < 1.29 is 32.2 Å². The Bertz CT molecular complexity index is 1300. The van der Waals surface area contributed by atoms with E-state index in [2.05, 4.69) is 5.32 Å². The Morgan fingerprint density at radius 3 is 2.06 bits per heavy atom. The Labute approximate surface area is 209 Å². The van der Waals surface area contributed by atoms with E-state index in [-0.39, 0.29) is 22.1 Å². The van der Waals surface area contributed by atoms with Gasteiger partial charge in [0.1, 0.15) is 18.0 Å². The number of carbonyl (C=O) groups is 1. The highest BCUT2D eigenvalue weighted by molar-refractivity contribution is 7.92. The van der Waals surface area contributed by atoms with Crippen LogP contribution in [0.3, 0.4) is 0 Å². The number of benzene rings is 3. The van der Waals surface area contributed by atoms with Gasteiger partial charge in [0, 0.05) is 22.8 Å². The highest BCUT2D eigenvalue weighted by Gasteiger charge is 2.31. The van der Waals surface area contributed by atoms with Crippen LogP contribution in [0.5, 0.6) is 23.0 Å². The zero-order valence-corrected chi connectivity index (χ0v) is 21.1. The van der Waals surface area contributed by atoms with Crippen molar-refractivity contribution in [3.63, 3.8) is 0 Å². The first-order valence-electron chi connectivity index (χ1n) is 10.3. The van der Waals surface area contributed by atoms with Crippen LogP contribution in [0, 0.1) is 0 Å². The Morgan fingerprint density at radius 1 is 0.829 bits per heavy atom. The number of anilines is 2. The molecule has 0 atom stereocenters. The average molecular weight is 521 g/mol. The molecule has 0 unspecified atom stereocenters. The number of ether oxygens (including phenoxy) is 4. The molecule has 1 N–H and O–H groups in total. The van der Waals surface area contributed by atoms with Gasteiger partial charge in [-0.25, -0.2) is 8.42 Å². The van der Waals surface area contributed by atoms with Gasteiger partial charge in [-0.2, -0.15) is 0 Å². The minimum atomic E-state index is -4.28. The quantitative estimate of drug-likeness (QED) is 0.427. The first kappa shape index (κ1) is 26.0. The smallest absolute Gasteiger partial charge is 0.265 e. The second kappa shape index (κ2) is 11.2. The third-order valence-corrected chi connectivity index (χ3v) is 7.02. The summed E-state index contributed by atoms with van der Waals surface area (Å²) in [6.45, 7) is -0.553. The van der Waals surface area contributed by atoms with Gasteiger partial charge in [0.2, 0.25) is 5.91 Å². The second-order valence-corrected chi connectivity index (χ2v) is 9.42. The van der Waals surface area contributed by atoms with Gasteiger partial charge in [0.05, 0.1) is 39.0 Å². The van der Waals surface area contributed by atoms with E-state index in [0.29, 0.717) is 22.2 Å². The van der Waals surface area contributed by atoms with Crippen LogP contribution in [-0.4, -0.2) is 49.3 Å². The number of nitrogens with zero attached hydrogens (tertiary/aromatic N) is 1. The minimum absolute atomic E-state index is 0.112. The van der Waals surface area contributed by atoms with Gasteiger partial charge >= 0.3 is 0 Å². The number of halogens is 1. The lowest BCUT2D eigenvalue weighted by molar-refractivity contribution is -0.114. The van der Waals surface area contributed by atoms with Crippen molar-refractivity contribution in [2.75, 3.05) is 44.6 Å². The maximum absolute atomic E-state index is 13.8. The lowest BCUT2D eigenvalue weighted by Gasteiger charge is -2.26. The standard InChI is InChI=1S/C24H25ClN2O7S/c1-31-18-9-11-21(32-2)20(13-18)27(15-24(28)26-17-7-5-16(25)6-8-17)35(29,30)19-10-12-22(33-3)23(14-19)34-4/h5-14H,15H2,1-4H3,(H,26,28). The Hall–Kier alpha value is -3.63. The number of carbonyl (C=O) groups excluding carboxylic acids is 1. The zero-order chi connectivity index (χ0) is 25.6. The van der Waals surface area contributed by atoms with Gasteiger partial charge in [0.15, 0.2) is 11.5 Å². The third kappa shape index (κ3) is 5.90. The zero-order valence-electron chi connectivity index (χ0n) is 19.6. The van der Waals surface area contributed by atoms with Crippen LogP contribution in [-0.2, 0) is 14.8 Å². The average Bonchev–Trinajstić information content (AvgIpc) is 2.87. The summed E-state index contributed by atoms with van der Waals surface area (Å²) >= 11 is 5.90. The molecule has 9 nitrogen and oxygen atoms in total. The summed E-state index contributed by atoms with van der Waals surface area (Å²) in [7, 11) is 1.41. The summed E-state index contributed by atoms with van der Waals surface area (Å²) in [5.41, 5.74) is 0.577. The molecule has 1 amide bonds. The van der Waals surface area contributed by atoms with Crippen molar-refractivity contribution in [2.45, 2.75) is 4.90 Å². The Kier molecular flexibility index (Phi) is 8.31. The molecule has 0 spiro atoms. The molecule has 3 rings (SSSR count). The molecule has 0 aromatic heterocycles. The summed E-state index contributed by atoms with van der Waals surface area (Å²) in [5.74, 6) is 0.607. The van der Waals surface area contributed by atoms with Gasteiger partial charge in [-0.05, 0) is 48.5 Å². The molecule has 0 aliphatic carbocycles. The fourth-order valence-electron chi connectivity index (χ4n) is 3.26. The molecular formula is C24H25ClN2O7S. The summed E-state index contributed by atoms with van der Waals surface area (Å²) in [6, 6.07) is 15.3. The number of rotatable bonds is 10. The van der Waals surface area contributed by atoms with Gasteiger partial charge in [-0.15, -0.1) is 0 Å². The SMILES string of the molecule is COc1ccc(OC)c(N(CC(=O)Nc2ccc(Cl)cc2)S(=O)(=O)c2ccc(OC)c(OC)c2)c1. The molecule has 186 valence electrons. The van der Waals surface area contributed by atoms with Gasteiger partial charge < -0.3 is 24.3 Å². The molecule has 0 aliphatic heterocycles. The molecule has 3 aromatic carbocycles. The van der Waals surface area contributed by atoms with Crippen LogP contribution in [0.4, 0.5) is 11.4 Å². The molecule has 0 bridgehead atoms. The number of hydrogen-bond donors (Lipinski definition) is 1. The van der Waals surface area contributed by atoms with Crippen molar-refractivity contribution >= 4 is 38.9 Å². The van der Waals surface area contributed by atoms with Crippen molar-refractivity contribution in [3.8, 4) is 23.0 Å². The number of nitrogens with one attached hydrogen (secondary N) is 1. The minimum Gasteiger partial charge on any atom is -0.497 e. The molecule has 0 heterocycles. The van der Waals surface area contributed by atoms with Crippen molar-refractivity contribution in [1.29, 1.82) is 0 Å². The molecule has 11 heteroatoms. The number of amides is 1. The van der Waals surface area contributed by atoms with Crippen LogP contribution in [0.15, 0.2) is 65.6 Å². The van der Waals surface area contributed by atoms with Gasteiger partial charge in [-0.3, -0.25) is 9.10 Å². The summed E-state index contributed by atoms with van der Waals surface area (Å²) in [6.07, 6.45) is 0. The maximum Gasteiger partial charge on any atom is 0.265 e. The predicted molar refractivity (Wildman–Crippen MR) is 134 cm³/mol. The Morgan fingerprint density at radius 2 is 1.46 bits per heavy atom. The van der Waals surface area contributed by atoms with E-state index < -0.39 is 22.5 Å². The van der Waals surface area contributed by atoms with Crippen LogP contribution >= 0.6 is 11.6 Å². The van der Waals surface area contributed by atoms with E-state index >= 15 is 0 Å². The van der Waals surface area contributed by atoms with E-state index in [1.165, 1.54) is 52.7 Å². The fraction of sp³-hybridized carbons (Fsp3) is 0.208. The fourth-order valence-corrected chi connectivity index (χ4v) is 4.82. The van der Waals surface area contributed by atoms with Crippen molar-refractivity contribution in [2.24, 2.45) is 0 Å². The second-order valence-electron chi connectivity index (χ2n) is 7.12. The molecule has 0 saturated carbocycles. The summed E-state index contributed by atoms with van der Waals surface area (Å²) < 4.78 is 49.8. The van der Waals surface area contributed by atoms with E-state index in [9.17, 15) is 13.2 Å².